The van der Waals surface area contributed by atoms with Gasteiger partial charge in [0.15, 0.2) is 0 Å². The maximum Gasteiger partial charge on any atom is 0.420 e. The summed E-state index contributed by atoms with van der Waals surface area (Å²) in [5.41, 5.74) is -0.796. The van der Waals surface area contributed by atoms with Crippen molar-refractivity contribution in [2.45, 2.75) is 6.18 Å². The van der Waals surface area contributed by atoms with Gasteiger partial charge in [-0.05, 0) is 34.7 Å². The van der Waals surface area contributed by atoms with Crippen molar-refractivity contribution in [3.8, 4) is 11.5 Å². The van der Waals surface area contributed by atoms with Gasteiger partial charge in [0, 0.05) is 0 Å². The van der Waals surface area contributed by atoms with Crippen LogP contribution in [0.4, 0.5) is 13.2 Å². The van der Waals surface area contributed by atoms with Crippen molar-refractivity contribution in [2.24, 2.45) is 0 Å². The largest absolute Gasteiger partial charge is 0.496 e. The molecule has 0 saturated carbocycles. The first-order chi connectivity index (χ1) is 6.91. The summed E-state index contributed by atoms with van der Waals surface area (Å²) in [5, 5.41) is 0. The molecule has 0 radical (unpaired) electrons. The van der Waals surface area contributed by atoms with Crippen molar-refractivity contribution in [1.29, 1.82) is 0 Å². The third kappa shape index (κ3) is 2.47. The van der Waals surface area contributed by atoms with E-state index in [1.165, 1.54) is 20.3 Å². The second kappa shape index (κ2) is 4.46. The summed E-state index contributed by atoms with van der Waals surface area (Å²) in [6, 6.07) is 2.22. The summed E-state index contributed by atoms with van der Waals surface area (Å²) in [4.78, 5) is 0. The molecule has 15 heavy (non-hydrogen) atoms. The first-order valence-corrected chi connectivity index (χ1v) is 4.97. The molecule has 0 aliphatic heterocycles. The van der Waals surface area contributed by atoms with Crippen molar-refractivity contribution in [3.63, 3.8) is 0 Å². The highest BCUT2D eigenvalue weighted by atomic mass is 127. The van der Waals surface area contributed by atoms with E-state index < -0.39 is 11.7 Å². The molecular formula is C9H8F3IO2. The Hall–Kier alpha value is -0.660. The Labute approximate surface area is 98.5 Å². The molecule has 6 heteroatoms. The predicted molar refractivity (Wildman–Crippen MR) is 57.3 cm³/mol. The van der Waals surface area contributed by atoms with Gasteiger partial charge in [-0.15, -0.1) is 0 Å². The fourth-order valence-electron chi connectivity index (χ4n) is 1.12. The van der Waals surface area contributed by atoms with Gasteiger partial charge in [0.05, 0.1) is 23.4 Å². The molecule has 0 aliphatic rings. The van der Waals surface area contributed by atoms with Gasteiger partial charge in [-0.1, -0.05) is 0 Å². The zero-order valence-electron chi connectivity index (χ0n) is 7.98. The van der Waals surface area contributed by atoms with Crippen molar-refractivity contribution in [1.82, 2.24) is 0 Å². The third-order valence-corrected chi connectivity index (χ3v) is 2.81. The molecule has 2 nitrogen and oxygen atoms in total. The number of hydrogen-bond acceptors (Lipinski definition) is 2. The molecule has 0 atom stereocenters. The lowest BCUT2D eigenvalue weighted by Gasteiger charge is -2.15. The van der Waals surface area contributed by atoms with E-state index in [2.05, 4.69) is 0 Å². The van der Waals surface area contributed by atoms with Crippen LogP contribution in [0.25, 0.3) is 0 Å². The van der Waals surface area contributed by atoms with E-state index in [4.69, 9.17) is 9.47 Å². The Morgan fingerprint density at radius 3 is 2.13 bits per heavy atom. The molecule has 1 aromatic rings. The van der Waals surface area contributed by atoms with Gasteiger partial charge in [-0.25, -0.2) is 0 Å². The van der Waals surface area contributed by atoms with E-state index in [0.29, 0.717) is 9.32 Å². The van der Waals surface area contributed by atoms with Crippen LogP contribution >= 0.6 is 22.6 Å². The van der Waals surface area contributed by atoms with Crippen molar-refractivity contribution < 1.29 is 22.6 Å². The van der Waals surface area contributed by atoms with E-state index in [1.807, 2.05) is 0 Å². The van der Waals surface area contributed by atoms with Gasteiger partial charge in [0.1, 0.15) is 11.5 Å². The standard InChI is InChI=1S/C9H8F3IO2/c1-14-6-4-3-5(9(10,11)12)8(15-2)7(6)13/h3-4H,1-2H3. The van der Waals surface area contributed by atoms with Gasteiger partial charge in [-0.2, -0.15) is 13.2 Å². The zero-order chi connectivity index (χ0) is 11.6. The first-order valence-electron chi connectivity index (χ1n) is 3.89. The van der Waals surface area contributed by atoms with Gasteiger partial charge < -0.3 is 9.47 Å². The van der Waals surface area contributed by atoms with Crippen LogP contribution in [0.2, 0.25) is 0 Å². The minimum absolute atomic E-state index is 0.206. The van der Waals surface area contributed by atoms with E-state index in [0.717, 1.165) is 6.07 Å². The van der Waals surface area contributed by atoms with E-state index in [-0.39, 0.29) is 5.75 Å². The monoisotopic (exact) mass is 332 g/mol. The molecule has 0 aliphatic carbocycles. The molecular weight excluding hydrogens is 324 g/mol. The van der Waals surface area contributed by atoms with Crippen LogP contribution in [-0.4, -0.2) is 14.2 Å². The summed E-state index contributed by atoms with van der Waals surface area (Å²) >= 11 is 1.76. The fourth-order valence-corrected chi connectivity index (χ4v) is 2.03. The van der Waals surface area contributed by atoms with E-state index in [9.17, 15) is 13.2 Å². The van der Waals surface area contributed by atoms with E-state index >= 15 is 0 Å². The molecule has 1 aromatic carbocycles. The maximum absolute atomic E-state index is 12.5. The molecule has 0 heterocycles. The number of halogens is 4. The van der Waals surface area contributed by atoms with Crippen molar-refractivity contribution in [3.05, 3.63) is 21.3 Å². The zero-order valence-corrected chi connectivity index (χ0v) is 10.1. The normalized spacial score (nSPS) is 11.3. The average Bonchev–Trinajstić information content (AvgIpc) is 2.15. The van der Waals surface area contributed by atoms with Crippen LogP contribution in [0.1, 0.15) is 5.56 Å². The van der Waals surface area contributed by atoms with Crippen molar-refractivity contribution >= 4 is 22.6 Å². The molecule has 1 rings (SSSR count). The SMILES string of the molecule is COc1ccc(C(F)(F)F)c(OC)c1I. The van der Waals surface area contributed by atoms with Crippen LogP contribution in [-0.2, 0) is 6.18 Å². The van der Waals surface area contributed by atoms with E-state index in [1.54, 1.807) is 22.6 Å². The molecule has 0 unspecified atom stereocenters. The molecule has 0 aromatic heterocycles. The Morgan fingerprint density at radius 1 is 1.13 bits per heavy atom. The Balaban J connectivity index is 3.38. The topological polar surface area (TPSA) is 18.5 Å². The number of hydrogen-bond donors (Lipinski definition) is 0. The fraction of sp³-hybridized carbons (Fsp3) is 0.333. The number of rotatable bonds is 2. The quantitative estimate of drug-likeness (QED) is 0.774. The van der Waals surface area contributed by atoms with Gasteiger partial charge in [-0.3, -0.25) is 0 Å². The maximum atomic E-state index is 12.5. The minimum atomic E-state index is -4.42. The van der Waals surface area contributed by atoms with Gasteiger partial charge >= 0.3 is 6.18 Å². The van der Waals surface area contributed by atoms with Gasteiger partial charge in [0.2, 0.25) is 0 Å². The predicted octanol–water partition coefficient (Wildman–Crippen LogP) is 3.33. The van der Waals surface area contributed by atoms with Crippen LogP contribution in [0.15, 0.2) is 12.1 Å². The summed E-state index contributed by atoms with van der Waals surface area (Å²) in [6.45, 7) is 0. The molecule has 0 N–H and O–H groups in total. The number of alkyl halides is 3. The Bertz CT molecular complexity index is 363. The summed E-state index contributed by atoms with van der Waals surface area (Å²) in [5.74, 6) is 0.155. The van der Waals surface area contributed by atoms with Crippen LogP contribution in [0.5, 0.6) is 11.5 Å². The molecule has 0 spiro atoms. The molecule has 0 saturated heterocycles. The third-order valence-electron chi connectivity index (χ3n) is 1.79. The molecule has 84 valence electrons. The Morgan fingerprint density at radius 2 is 1.73 bits per heavy atom. The number of methoxy groups -OCH3 is 2. The molecule has 0 amide bonds. The highest BCUT2D eigenvalue weighted by Crippen LogP contribution is 2.41. The summed E-state index contributed by atoms with van der Waals surface area (Å²) in [6.07, 6.45) is -4.42. The summed E-state index contributed by atoms with van der Waals surface area (Å²) in [7, 11) is 2.59. The van der Waals surface area contributed by atoms with Gasteiger partial charge in [0.25, 0.3) is 0 Å². The van der Waals surface area contributed by atoms with Crippen molar-refractivity contribution in [2.75, 3.05) is 14.2 Å². The lowest BCUT2D eigenvalue weighted by atomic mass is 10.2. The minimum Gasteiger partial charge on any atom is -0.496 e. The number of ether oxygens (including phenoxy) is 2. The summed E-state index contributed by atoms with van der Waals surface area (Å²) < 4.78 is 47.5. The van der Waals surface area contributed by atoms with Crippen LogP contribution in [0.3, 0.4) is 0 Å². The number of benzene rings is 1. The lowest BCUT2D eigenvalue weighted by Crippen LogP contribution is -2.09. The van der Waals surface area contributed by atoms with Crippen LogP contribution in [0, 0.1) is 3.57 Å². The second-order valence-electron chi connectivity index (χ2n) is 2.66. The highest BCUT2D eigenvalue weighted by molar-refractivity contribution is 14.1. The highest BCUT2D eigenvalue weighted by Gasteiger charge is 2.35. The second-order valence-corrected chi connectivity index (χ2v) is 3.74. The molecule has 0 fully saturated rings. The Kier molecular flexibility index (Phi) is 3.69. The molecule has 0 bridgehead atoms. The van der Waals surface area contributed by atoms with Crippen LogP contribution < -0.4 is 9.47 Å². The first kappa shape index (κ1) is 12.4. The average molecular weight is 332 g/mol. The smallest absolute Gasteiger partial charge is 0.420 e. The lowest BCUT2D eigenvalue weighted by molar-refractivity contribution is -0.138.